The molecule has 0 spiro atoms. The fourth-order valence-corrected chi connectivity index (χ4v) is 5.17. The number of carbonyl (C=O) groups excluding carboxylic acids is 1. The summed E-state index contributed by atoms with van der Waals surface area (Å²) in [5.41, 5.74) is 6.41. The Balaban J connectivity index is 1.15. The molecular weight excluding hydrogens is 566 g/mol. The van der Waals surface area contributed by atoms with Gasteiger partial charge >= 0.3 is 11.9 Å². The summed E-state index contributed by atoms with van der Waals surface area (Å²) in [6.45, 7) is 1.02. The summed E-state index contributed by atoms with van der Waals surface area (Å²) >= 11 is 0. The second-order valence-electron chi connectivity index (χ2n) is 10.7. The number of carboxylic acid groups (broad SMARTS) is 1. The van der Waals surface area contributed by atoms with Gasteiger partial charge in [0.2, 0.25) is 0 Å². The Hall–Kier alpha value is -5.82. The number of aromatic nitrogens is 1. The van der Waals surface area contributed by atoms with Crippen LogP contribution in [0.1, 0.15) is 37.4 Å². The summed E-state index contributed by atoms with van der Waals surface area (Å²) in [5, 5.41) is 10.3. The zero-order chi connectivity index (χ0) is 31.2. The molecule has 45 heavy (non-hydrogen) atoms. The SMILES string of the molecule is COc1ccc(COc2cccc(-c3ccc4ccn(Cc5cccc(C(=O)OCc6cccc(C(=O)O)c6)c5)c4c3)c2)cc1. The first-order valence-corrected chi connectivity index (χ1v) is 14.5. The molecule has 1 heterocycles. The number of carbonyl (C=O) groups is 2. The number of fused-ring (bicyclic) bond motifs is 1. The van der Waals surface area contributed by atoms with Crippen molar-refractivity contribution in [2.75, 3.05) is 7.11 Å². The van der Waals surface area contributed by atoms with Crippen molar-refractivity contribution in [3.05, 3.63) is 155 Å². The Bertz CT molecular complexity index is 1970. The number of methoxy groups -OCH3 is 1. The normalized spacial score (nSPS) is 10.9. The number of hydrogen-bond donors (Lipinski definition) is 1. The van der Waals surface area contributed by atoms with Crippen LogP contribution >= 0.6 is 0 Å². The molecule has 6 aromatic rings. The predicted molar refractivity (Wildman–Crippen MR) is 173 cm³/mol. The van der Waals surface area contributed by atoms with Crippen LogP contribution in [0.15, 0.2) is 128 Å². The molecule has 0 bridgehead atoms. The number of esters is 1. The molecule has 0 atom stereocenters. The topological polar surface area (TPSA) is 87.0 Å². The molecule has 0 amide bonds. The zero-order valence-electron chi connectivity index (χ0n) is 24.7. The maximum Gasteiger partial charge on any atom is 0.338 e. The van der Waals surface area contributed by atoms with E-state index in [2.05, 4.69) is 34.9 Å². The van der Waals surface area contributed by atoms with Crippen molar-refractivity contribution in [2.24, 2.45) is 0 Å². The quantitative estimate of drug-likeness (QED) is 0.152. The van der Waals surface area contributed by atoms with Crippen LogP contribution in [0.3, 0.4) is 0 Å². The molecule has 0 aliphatic rings. The van der Waals surface area contributed by atoms with Crippen molar-refractivity contribution in [3.8, 4) is 22.6 Å². The van der Waals surface area contributed by atoms with Crippen LogP contribution in [-0.4, -0.2) is 28.7 Å². The van der Waals surface area contributed by atoms with Gasteiger partial charge in [0.25, 0.3) is 0 Å². The van der Waals surface area contributed by atoms with Gasteiger partial charge in [-0.15, -0.1) is 0 Å². The van der Waals surface area contributed by atoms with Gasteiger partial charge in [0, 0.05) is 18.3 Å². The van der Waals surface area contributed by atoms with Gasteiger partial charge < -0.3 is 23.9 Å². The number of ether oxygens (including phenoxy) is 3. The van der Waals surface area contributed by atoms with Crippen molar-refractivity contribution in [1.82, 2.24) is 4.57 Å². The molecular formula is C38H31NO6. The molecule has 0 saturated carbocycles. The number of benzene rings is 5. The van der Waals surface area contributed by atoms with E-state index in [9.17, 15) is 14.7 Å². The maximum absolute atomic E-state index is 12.8. The fraction of sp³-hybridized carbons (Fsp3) is 0.105. The van der Waals surface area contributed by atoms with Crippen LogP contribution in [0.4, 0.5) is 0 Å². The molecule has 1 aromatic heterocycles. The Morgan fingerprint density at radius 3 is 2.20 bits per heavy atom. The van der Waals surface area contributed by atoms with Crippen LogP contribution in [0, 0.1) is 0 Å². The highest BCUT2D eigenvalue weighted by atomic mass is 16.5. The smallest absolute Gasteiger partial charge is 0.338 e. The van der Waals surface area contributed by atoms with Crippen LogP contribution in [0.5, 0.6) is 11.5 Å². The first-order chi connectivity index (χ1) is 21.9. The van der Waals surface area contributed by atoms with E-state index >= 15 is 0 Å². The van der Waals surface area contributed by atoms with Gasteiger partial charge in [0.05, 0.1) is 18.2 Å². The number of hydrogen-bond acceptors (Lipinski definition) is 5. The molecule has 1 N–H and O–H groups in total. The third-order valence-electron chi connectivity index (χ3n) is 7.57. The Kier molecular flexibility index (Phi) is 8.60. The molecule has 0 fully saturated rings. The van der Waals surface area contributed by atoms with E-state index in [1.807, 2.05) is 66.9 Å². The molecule has 0 aliphatic carbocycles. The standard InChI is InChI=1S/C38H31NO6/c1-43-34-15-11-26(12-16-34)24-44-35-10-4-7-30(21-35)31-14-13-29-17-18-39(36(29)22-31)23-27-5-2-9-33(19-27)38(42)45-25-28-6-3-8-32(20-28)37(40)41/h2-22H,23-25H2,1H3,(H,40,41). The van der Waals surface area contributed by atoms with Gasteiger partial charge in [0.15, 0.2) is 0 Å². The van der Waals surface area contributed by atoms with E-state index < -0.39 is 11.9 Å². The van der Waals surface area contributed by atoms with Gasteiger partial charge in [-0.05, 0) is 93.9 Å². The van der Waals surface area contributed by atoms with Gasteiger partial charge in [-0.2, -0.15) is 0 Å². The highest BCUT2D eigenvalue weighted by molar-refractivity contribution is 5.90. The Morgan fingerprint density at radius 2 is 1.40 bits per heavy atom. The predicted octanol–water partition coefficient (Wildman–Crippen LogP) is 8.00. The number of aromatic carboxylic acids is 1. The molecule has 0 radical (unpaired) electrons. The van der Waals surface area contributed by atoms with Gasteiger partial charge in [-0.25, -0.2) is 9.59 Å². The summed E-state index contributed by atoms with van der Waals surface area (Å²) in [5.74, 6) is 0.112. The minimum absolute atomic E-state index is 0.0110. The molecule has 0 unspecified atom stereocenters. The summed E-state index contributed by atoms with van der Waals surface area (Å²) in [6, 6.07) is 38.1. The van der Waals surface area contributed by atoms with E-state index in [4.69, 9.17) is 14.2 Å². The van der Waals surface area contributed by atoms with Crippen molar-refractivity contribution >= 4 is 22.8 Å². The first-order valence-electron chi connectivity index (χ1n) is 14.5. The summed E-state index contributed by atoms with van der Waals surface area (Å²) in [6.07, 6.45) is 2.04. The molecule has 0 saturated heterocycles. The van der Waals surface area contributed by atoms with E-state index in [0.717, 1.165) is 44.7 Å². The Labute approximate surface area is 260 Å². The number of nitrogens with zero attached hydrogens (tertiary/aromatic N) is 1. The van der Waals surface area contributed by atoms with Crippen molar-refractivity contribution in [2.45, 2.75) is 19.8 Å². The molecule has 0 aliphatic heterocycles. The zero-order valence-corrected chi connectivity index (χ0v) is 24.7. The van der Waals surface area contributed by atoms with Crippen molar-refractivity contribution in [3.63, 3.8) is 0 Å². The van der Waals surface area contributed by atoms with E-state index in [0.29, 0.717) is 24.3 Å². The number of rotatable bonds is 11. The average Bonchev–Trinajstić information content (AvgIpc) is 3.48. The monoisotopic (exact) mass is 597 g/mol. The molecule has 7 heteroatoms. The molecule has 7 nitrogen and oxygen atoms in total. The minimum Gasteiger partial charge on any atom is -0.497 e. The lowest BCUT2D eigenvalue weighted by Gasteiger charge is -2.11. The Morgan fingerprint density at radius 1 is 0.667 bits per heavy atom. The summed E-state index contributed by atoms with van der Waals surface area (Å²) < 4.78 is 19.0. The van der Waals surface area contributed by atoms with Crippen LogP contribution in [-0.2, 0) is 24.5 Å². The van der Waals surface area contributed by atoms with Gasteiger partial charge in [-0.1, -0.05) is 60.7 Å². The molecule has 5 aromatic carbocycles. The van der Waals surface area contributed by atoms with Gasteiger partial charge in [-0.3, -0.25) is 0 Å². The third kappa shape index (κ3) is 7.05. The highest BCUT2D eigenvalue weighted by Crippen LogP contribution is 2.29. The largest absolute Gasteiger partial charge is 0.497 e. The fourth-order valence-electron chi connectivity index (χ4n) is 5.17. The maximum atomic E-state index is 12.8. The third-order valence-corrected chi connectivity index (χ3v) is 7.57. The lowest BCUT2D eigenvalue weighted by Crippen LogP contribution is -2.07. The lowest BCUT2D eigenvalue weighted by molar-refractivity contribution is 0.0472. The van der Waals surface area contributed by atoms with E-state index in [1.54, 1.807) is 25.3 Å². The van der Waals surface area contributed by atoms with Gasteiger partial charge in [0.1, 0.15) is 24.7 Å². The minimum atomic E-state index is -1.02. The highest BCUT2D eigenvalue weighted by Gasteiger charge is 2.11. The first kappa shape index (κ1) is 29.3. The lowest BCUT2D eigenvalue weighted by atomic mass is 10.0. The van der Waals surface area contributed by atoms with Crippen LogP contribution in [0.25, 0.3) is 22.0 Å². The second kappa shape index (κ2) is 13.2. The molecule has 224 valence electrons. The van der Waals surface area contributed by atoms with E-state index in [-0.39, 0.29) is 12.2 Å². The summed E-state index contributed by atoms with van der Waals surface area (Å²) in [7, 11) is 1.65. The summed E-state index contributed by atoms with van der Waals surface area (Å²) in [4.78, 5) is 24.1. The van der Waals surface area contributed by atoms with Crippen LogP contribution in [0.2, 0.25) is 0 Å². The average molecular weight is 598 g/mol. The number of carboxylic acids is 1. The van der Waals surface area contributed by atoms with Crippen LogP contribution < -0.4 is 9.47 Å². The van der Waals surface area contributed by atoms with E-state index in [1.165, 1.54) is 12.1 Å². The second-order valence-corrected chi connectivity index (χ2v) is 10.7. The molecule has 6 rings (SSSR count). The van der Waals surface area contributed by atoms with Crippen molar-refractivity contribution < 1.29 is 28.9 Å². The van der Waals surface area contributed by atoms with Crippen molar-refractivity contribution in [1.29, 1.82) is 0 Å².